The molecule has 30 heavy (non-hydrogen) atoms. The van der Waals surface area contributed by atoms with Crippen LogP contribution in [0.3, 0.4) is 0 Å². The summed E-state index contributed by atoms with van der Waals surface area (Å²) in [6.45, 7) is 5.06. The minimum Gasteiger partial charge on any atom is -0.390 e. The minimum atomic E-state index is -0.415. The molecule has 1 N–H and O–H groups in total. The molecule has 0 spiro atoms. The molecule has 5 heteroatoms. The van der Waals surface area contributed by atoms with Gasteiger partial charge in [-0.2, -0.15) is 0 Å². The highest BCUT2D eigenvalue weighted by molar-refractivity contribution is 6.30. The van der Waals surface area contributed by atoms with E-state index >= 15 is 0 Å². The number of piperazine rings is 1. The van der Waals surface area contributed by atoms with Gasteiger partial charge < -0.3 is 14.6 Å². The lowest BCUT2D eigenvalue weighted by molar-refractivity contribution is 0.0969. The van der Waals surface area contributed by atoms with Crippen molar-refractivity contribution in [2.24, 2.45) is 0 Å². The van der Waals surface area contributed by atoms with Crippen molar-refractivity contribution in [3.63, 3.8) is 0 Å². The van der Waals surface area contributed by atoms with Crippen molar-refractivity contribution in [2.75, 3.05) is 37.6 Å². The van der Waals surface area contributed by atoms with Crippen LogP contribution in [0.25, 0.3) is 21.8 Å². The van der Waals surface area contributed by atoms with Gasteiger partial charge in [0, 0.05) is 65.2 Å². The first-order valence-corrected chi connectivity index (χ1v) is 10.9. The fourth-order valence-corrected chi connectivity index (χ4v) is 4.81. The molecule has 1 aliphatic heterocycles. The van der Waals surface area contributed by atoms with Crippen LogP contribution in [0.4, 0.5) is 5.69 Å². The van der Waals surface area contributed by atoms with E-state index in [-0.39, 0.29) is 0 Å². The molecule has 4 nitrogen and oxygen atoms in total. The van der Waals surface area contributed by atoms with Crippen molar-refractivity contribution in [3.05, 3.63) is 77.8 Å². The number of nitrogens with zero attached hydrogens (tertiary/aromatic N) is 3. The normalized spacial score (nSPS) is 16.4. The van der Waals surface area contributed by atoms with Crippen molar-refractivity contribution >= 4 is 39.1 Å². The Kier molecular flexibility index (Phi) is 5.38. The Labute approximate surface area is 181 Å². The van der Waals surface area contributed by atoms with Gasteiger partial charge in [0.25, 0.3) is 0 Å². The molecule has 0 radical (unpaired) electrons. The topological polar surface area (TPSA) is 31.6 Å². The molecule has 0 unspecified atom stereocenters. The van der Waals surface area contributed by atoms with E-state index in [4.69, 9.17) is 11.6 Å². The lowest BCUT2D eigenvalue weighted by Gasteiger charge is -2.37. The quantitative estimate of drug-likeness (QED) is 0.511. The largest absolute Gasteiger partial charge is 0.390 e. The van der Waals surface area contributed by atoms with Gasteiger partial charge in [-0.15, -0.1) is 0 Å². The molecule has 0 bridgehead atoms. The molecule has 4 aromatic rings. The van der Waals surface area contributed by atoms with E-state index in [1.54, 1.807) is 0 Å². The van der Waals surface area contributed by atoms with Gasteiger partial charge in [0.1, 0.15) is 0 Å². The highest BCUT2D eigenvalue weighted by Gasteiger charge is 2.21. The second-order valence-electron chi connectivity index (χ2n) is 8.07. The number of hydrogen-bond acceptors (Lipinski definition) is 3. The standard InChI is InChI=1S/C25H26ClN3O/c26-19-6-5-7-20(16-19)28-14-12-27(13-15-28)17-21(30)18-29-24-10-3-1-8-22(24)23-9-2-4-11-25(23)29/h1-11,16,21,30H,12-15,17-18H2/t21-/m1/s1. The van der Waals surface area contributed by atoms with E-state index in [0.717, 1.165) is 31.2 Å². The molecule has 2 heterocycles. The Bertz CT molecular complexity index is 1110. The van der Waals surface area contributed by atoms with Crippen LogP contribution in [-0.4, -0.2) is 53.4 Å². The van der Waals surface area contributed by atoms with Gasteiger partial charge in [-0.3, -0.25) is 4.90 Å². The maximum Gasteiger partial charge on any atom is 0.0845 e. The smallest absolute Gasteiger partial charge is 0.0845 e. The van der Waals surface area contributed by atoms with Gasteiger partial charge in [-0.05, 0) is 30.3 Å². The highest BCUT2D eigenvalue weighted by Crippen LogP contribution is 2.29. The Morgan fingerprint density at radius 3 is 2.03 bits per heavy atom. The lowest BCUT2D eigenvalue weighted by Crippen LogP contribution is -2.49. The highest BCUT2D eigenvalue weighted by atomic mass is 35.5. The van der Waals surface area contributed by atoms with Crippen molar-refractivity contribution in [1.82, 2.24) is 9.47 Å². The Balaban J connectivity index is 1.26. The van der Waals surface area contributed by atoms with Crippen LogP contribution >= 0.6 is 11.6 Å². The SMILES string of the molecule is O[C@H](CN1CCN(c2cccc(Cl)c2)CC1)Cn1c2ccccc2c2ccccc21. The Hall–Kier alpha value is -2.53. The van der Waals surface area contributed by atoms with Crippen molar-refractivity contribution in [2.45, 2.75) is 12.6 Å². The molecule has 1 fully saturated rings. The zero-order valence-electron chi connectivity index (χ0n) is 16.9. The Morgan fingerprint density at radius 2 is 1.40 bits per heavy atom. The lowest BCUT2D eigenvalue weighted by atomic mass is 10.2. The number of para-hydroxylation sites is 2. The third kappa shape index (κ3) is 3.79. The van der Waals surface area contributed by atoms with Crippen LogP contribution in [0.1, 0.15) is 0 Å². The van der Waals surface area contributed by atoms with E-state index in [1.807, 2.05) is 18.2 Å². The summed E-state index contributed by atoms with van der Waals surface area (Å²) in [6, 6.07) is 24.9. The molecule has 0 saturated carbocycles. The average molecular weight is 420 g/mol. The monoisotopic (exact) mass is 419 g/mol. The molecular formula is C25H26ClN3O. The van der Waals surface area contributed by atoms with Crippen molar-refractivity contribution in [1.29, 1.82) is 0 Å². The molecule has 1 aliphatic rings. The molecule has 1 atom stereocenters. The summed E-state index contributed by atoms with van der Waals surface area (Å²) >= 11 is 6.14. The molecule has 3 aromatic carbocycles. The second-order valence-corrected chi connectivity index (χ2v) is 8.50. The molecule has 1 saturated heterocycles. The maximum absolute atomic E-state index is 10.9. The minimum absolute atomic E-state index is 0.415. The van der Waals surface area contributed by atoms with Crippen molar-refractivity contribution < 1.29 is 5.11 Å². The number of fused-ring (bicyclic) bond motifs is 3. The van der Waals surface area contributed by atoms with E-state index in [9.17, 15) is 5.11 Å². The number of aliphatic hydroxyl groups excluding tert-OH is 1. The molecule has 5 rings (SSSR count). The Morgan fingerprint density at radius 1 is 0.767 bits per heavy atom. The van der Waals surface area contributed by atoms with Crippen LogP contribution < -0.4 is 4.90 Å². The first-order chi connectivity index (χ1) is 14.7. The van der Waals surface area contributed by atoms with Gasteiger partial charge in [0.05, 0.1) is 12.6 Å². The molecule has 1 aromatic heterocycles. The van der Waals surface area contributed by atoms with Crippen LogP contribution in [0.15, 0.2) is 72.8 Å². The van der Waals surface area contributed by atoms with Crippen LogP contribution in [0.2, 0.25) is 5.02 Å². The van der Waals surface area contributed by atoms with Gasteiger partial charge in [-0.25, -0.2) is 0 Å². The molecule has 0 amide bonds. The second kappa shape index (κ2) is 8.31. The molecule has 0 aliphatic carbocycles. The third-order valence-electron chi connectivity index (χ3n) is 6.09. The van der Waals surface area contributed by atoms with Crippen LogP contribution in [0.5, 0.6) is 0 Å². The number of rotatable bonds is 5. The fourth-order valence-electron chi connectivity index (χ4n) is 4.63. The summed E-state index contributed by atoms with van der Waals surface area (Å²) in [6.07, 6.45) is -0.415. The number of aliphatic hydroxyl groups is 1. The summed E-state index contributed by atoms with van der Waals surface area (Å²) in [5.74, 6) is 0. The maximum atomic E-state index is 10.9. The number of anilines is 1. The number of β-amino-alcohol motifs (C(OH)–C–C–N with tert-alkyl or cyclic N) is 1. The van der Waals surface area contributed by atoms with Gasteiger partial charge in [0.2, 0.25) is 0 Å². The van der Waals surface area contributed by atoms with Gasteiger partial charge >= 0.3 is 0 Å². The average Bonchev–Trinajstić information content (AvgIpc) is 3.08. The summed E-state index contributed by atoms with van der Waals surface area (Å²) in [5, 5.41) is 14.2. The van der Waals surface area contributed by atoms with Crippen LogP contribution in [0, 0.1) is 0 Å². The van der Waals surface area contributed by atoms with Crippen molar-refractivity contribution in [3.8, 4) is 0 Å². The number of aromatic nitrogens is 1. The third-order valence-corrected chi connectivity index (χ3v) is 6.32. The predicted octanol–water partition coefficient (Wildman–Crippen LogP) is 4.63. The zero-order chi connectivity index (χ0) is 20.5. The van der Waals surface area contributed by atoms with E-state index in [0.29, 0.717) is 13.1 Å². The first-order valence-electron chi connectivity index (χ1n) is 10.6. The summed E-state index contributed by atoms with van der Waals surface area (Å²) in [4.78, 5) is 4.72. The van der Waals surface area contributed by atoms with E-state index in [1.165, 1.54) is 27.5 Å². The number of benzene rings is 3. The fraction of sp³-hybridized carbons (Fsp3) is 0.280. The van der Waals surface area contributed by atoms with Gasteiger partial charge in [-0.1, -0.05) is 54.1 Å². The first kappa shape index (κ1) is 19.4. The van der Waals surface area contributed by atoms with E-state index in [2.05, 4.69) is 69.0 Å². The summed E-state index contributed by atoms with van der Waals surface area (Å²) in [7, 11) is 0. The van der Waals surface area contributed by atoms with E-state index < -0.39 is 6.10 Å². The van der Waals surface area contributed by atoms with Crippen LogP contribution in [-0.2, 0) is 6.54 Å². The molecular weight excluding hydrogens is 394 g/mol. The zero-order valence-corrected chi connectivity index (χ0v) is 17.7. The summed E-state index contributed by atoms with van der Waals surface area (Å²) in [5.41, 5.74) is 3.54. The summed E-state index contributed by atoms with van der Waals surface area (Å²) < 4.78 is 2.26. The predicted molar refractivity (Wildman–Crippen MR) is 126 cm³/mol. The molecule has 154 valence electrons. The number of hydrogen-bond donors (Lipinski definition) is 1. The number of halogens is 1. The van der Waals surface area contributed by atoms with Gasteiger partial charge in [0.15, 0.2) is 0 Å².